The van der Waals surface area contributed by atoms with Gasteiger partial charge in [0.15, 0.2) is 0 Å². The van der Waals surface area contributed by atoms with Gasteiger partial charge in [-0.05, 0) is 48.2 Å². The zero-order valence-electron chi connectivity index (χ0n) is 10.2. The Balaban J connectivity index is 2.71. The minimum Gasteiger partial charge on any atom is -0.340 e. The van der Waals surface area contributed by atoms with Crippen molar-refractivity contribution in [1.82, 2.24) is 9.80 Å². The second-order valence-electron chi connectivity index (χ2n) is 4.16. The highest BCUT2D eigenvalue weighted by Gasteiger charge is 2.12. The Morgan fingerprint density at radius 1 is 1.29 bits per heavy atom. The number of hydrogen-bond donors (Lipinski definition) is 0. The molecule has 17 heavy (non-hydrogen) atoms. The summed E-state index contributed by atoms with van der Waals surface area (Å²) in [6.07, 6.45) is 0. The maximum Gasteiger partial charge on any atom is 0.253 e. The summed E-state index contributed by atoms with van der Waals surface area (Å²) < 4.78 is 0.742. The number of rotatable bonds is 4. The molecule has 0 aromatic heterocycles. The summed E-state index contributed by atoms with van der Waals surface area (Å²) in [5.41, 5.74) is 0.641. The molecular formula is C12H16BrClN2O. The number of benzene rings is 1. The predicted molar refractivity (Wildman–Crippen MR) is 74.7 cm³/mol. The number of likely N-dealkylation sites (N-methyl/N-ethyl adjacent to an activating group) is 2. The molecule has 0 bridgehead atoms. The molecule has 0 heterocycles. The van der Waals surface area contributed by atoms with E-state index in [1.54, 1.807) is 30.1 Å². The minimum absolute atomic E-state index is 0.00390. The van der Waals surface area contributed by atoms with Gasteiger partial charge in [0.2, 0.25) is 0 Å². The largest absolute Gasteiger partial charge is 0.340 e. The molecule has 0 aliphatic carbocycles. The van der Waals surface area contributed by atoms with Crippen LogP contribution in [0.1, 0.15) is 10.4 Å². The van der Waals surface area contributed by atoms with Gasteiger partial charge < -0.3 is 9.80 Å². The third-order valence-corrected chi connectivity index (χ3v) is 3.61. The number of halogens is 2. The molecule has 0 unspecified atom stereocenters. The van der Waals surface area contributed by atoms with Crippen molar-refractivity contribution in [2.75, 3.05) is 34.2 Å². The molecule has 1 amide bonds. The number of carbonyl (C=O) groups excluding carboxylic acids is 1. The number of carbonyl (C=O) groups is 1. The zero-order valence-corrected chi connectivity index (χ0v) is 12.5. The molecule has 0 radical (unpaired) electrons. The third kappa shape index (κ3) is 4.30. The molecule has 1 rings (SSSR count). The van der Waals surface area contributed by atoms with E-state index in [4.69, 9.17) is 11.6 Å². The van der Waals surface area contributed by atoms with Crippen molar-refractivity contribution >= 4 is 33.4 Å². The van der Waals surface area contributed by atoms with E-state index in [1.807, 2.05) is 19.0 Å². The molecular weight excluding hydrogens is 304 g/mol. The fraction of sp³-hybridized carbons (Fsp3) is 0.417. The van der Waals surface area contributed by atoms with Gasteiger partial charge in [0.05, 0.1) is 5.02 Å². The Kier molecular flexibility index (Phi) is 5.43. The van der Waals surface area contributed by atoms with E-state index < -0.39 is 0 Å². The zero-order chi connectivity index (χ0) is 13.0. The molecule has 0 N–H and O–H groups in total. The smallest absolute Gasteiger partial charge is 0.253 e. The third-order valence-electron chi connectivity index (χ3n) is 2.40. The van der Waals surface area contributed by atoms with E-state index >= 15 is 0 Å². The molecule has 0 saturated heterocycles. The average molecular weight is 320 g/mol. The van der Waals surface area contributed by atoms with Gasteiger partial charge >= 0.3 is 0 Å². The summed E-state index contributed by atoms with van der Waals surface area (Å²) in [5, 5.41) is 0.609. The van der Waals surface area contributed by atoms with Crippen LogP contribution in [0.25, 0.3) is 0 Å². The topological polar surface area (TPSA) is 23.6 Å². The van der Waals surface area contributed by atoms with Crippen LogP contribution in [0.5, 0.6) is 0 Å². The van der Waals surface area contributed by atoms with Gasteiger partial charge in [-0.15, -0.1) is 0 Å². The normalized spacial score (nSPS) is 10.7. The fourth-order valence-corrected chi connectivity index (χ4v) is 1.80. The van der Waals surface area contributed by atoms with Crippen molar-refractivity contribution in [2.24, 2.45) is 0 Å². The first kappa shape index (κ1) is 14.5. The lowest BCUT2D eigenvalue weighted by Crippen LogP contribution is -2.33. The molecule has 0 saturated carbocycles. The van der Waals surface area contributed by atoms with Crippen molar-refractivity contribution in [1.29, 1.82) is 0 Å². The van der Waals surface area contributed by atoms with Crippen LogP contribution in [-0.2, 0) is 0 Å². The van der Waals surface area contributed by atoms with E-state index in [0.29, 0.717) is 17.1 Å². The van der Waals surface area contributed by atoms with Gasteiger partial charge in [0.1, 0.15) is 0 Å². The predicted octanol–water partition coefficient (Wildman–Crippen LogP) is 2.74. The minimum atomic E-state index is 0.00390. The standard InChI is InChI=1S/C12H16BrClN2O/c1-15(2)6-7-16(3)12(17)9-4-5-11(14)10(13)8-9/h4-5,8H,6-7H2,1-3H3. The van der Waals surface area contributed by atoms with Crippen molar-refractivity contribution in [3.05, 3.63) is 33.3 Å². The SMILES string of the molecule is CN(C)CCN(C)C(=O)c1ccc(Cl)c(Br)c1. The summed E-state index contributed by atoms with van der Waals surface area (Å²) in [5.74, 6) is 0.00390. The summed E-state index contributed by atoms with van der Waals surface area (Å²) in [7, 11) is 5.77. The molecule has 3 nitrogen and oxygen atoms in total. The van der Waals surface area contributed by atoms with Gasteiger partial charge in [-0.1, -0.05) is 11.6 Å². The molecule has 0 aliphatic heterocycles. The van der Waals surface area contributed by atoms with E-state index in [1.165, 1.54) is 0 Å². The maximum absolute atomic E-state index is 12.1. The van der Waals surface area contributed by atoms with Crippen LogP contribution in [0, 0.1) is 0 Å². The molecule has 0 fully saturated rings. The monoisotopic (exact) mass is 318 g/mol. The number of hydrogen-bond acceptors (Lipinski definition) is 2. The van der Waals surface area contributed by atoms with Crippen LogP contribution < -0.4 is 0 Å². The highest BCUT2D eigenvalue weighted by molar-refractivity contribution is 9.10. The first-order valence-electron chi connectivity index (χ1n) is 5.27. The Morgan fingerprint density at radius 3 is 2.47 bits per heavy atom. The van der Waals surface area contributed by atoms with Crippen LogP contribution in [0.2, 0.25) is 5.02 Å². The van der Waals surface area contributed by atoms with Crippen LogP contribution in [0.15, 0.2) is 22.7 Å². The maximum atomic E-state index is 12.1. The van der Waals surface area contributed by atoms with Gasteiger partial charge in [-0.25, -0.2) is 0 Å². The van der Waals surface area contributed by atoms with Gasteiger partial charge in [0.25, 0.3) is 5.91 Å². The highest BCUT2D eigenvalue weighted by Crippen LogP contribution is 2.23. The Morgan fingerprint density at radius 2 is 1.94 bits per heavy atom. The average Bonchev–Trinajstić information content (AvgIpc) is 2.28. The molecule has 0 atom stereocenters. The quantitative estimate of drug-likeness (QED) is 0.852. The molecule has 1 aromatic rings. The molecule has 5 heteroatoms. The first-order chi connectivity index (χ1) is 7.91. The summed E-state index contributed by atoms with van der Waals surface area (Å²) >= 11 is 9.20. The van der Waals surface area contributed by atoms with E-state index in [2.05, 4.69) is 15.9 Å². The lowest BCUT2D eigenvalue weighted by molar-refractivity contribution is 0.0786. The van der Waals surface area contributed by atoms with Gasteiger partial charge in [0, 0.05) is 30.2 Å². The van der Waals surface area contributed by atoms with Crippen molar-refractivity contribution in [3.63, 3.8) is 0 Å². The second-order valence-corrected chi connectivity index (χ2v) is 5.42. The second kappa shape index (κ2) is 6.38. The summed E-state index contributed by atoms with van der Waals surface area (Å²) in [6.45, 7) is 1.54. The van der Waals surface area contributed by atoms with E-state index in [-0.39, 0.29) is 5.91 Å². The molecule has 94 valence electrons. The summed E-state index contributed by atoms with van der Waals surface area (Å²) in [4.78, 5) is 15.8. The first-order valence-corrected chi connectivity index (χ1v) is 6.44. The van der Waals surface area contributed by atoms with Crippen molar-refractivity contribution < 1.29 is 4.79 Å². The Bertz CT molecular complexity index is 409. The van der Waals surface area contributed by atoms with E-state index in [9.17, 15) is 4.79 Å². The van der Waals surface area contributed by atoms with Crippen LogP contribution in [0.3, 0.4) is 0 Å². The number of nitrogens with zero attached hydrogens (tertiary/aromatic N) is 2. The van der Waals surface area contributed by atoms with Crippen LogP contribution in [0.4, 0.5) is 0 Å². The van der Waals surface area contributed by atoms with Crippen LogP contribution in [-0.4, -0.2) is 49.9 Å². The molecule has 0 spiro atoms. The fourth-order valence-electron chi connectivity index (χ4n) is 1.30. The van der Waals surface area contributed by atoms with Crippen LogP contribution >= 0.6 is 27.5 Å². The lowest BCUT2D eigenvalue weighted by atomic mass is 10.2. The Hall–Kier alpha value is -0.580. The molecule has 1 aromatic carbocycles. The molecule has 0 aliphatic rings. The number of amides is 1. The van der Waals surface area contributed by atoms with Crippen molar-refractivity contribution in [2.45, 2.75) is 0 Å². The Labute approximate surface area is 115 Å². The lowest BCUT2D eigenvalue weighted by Gasteiger charge is -2.19. The van der Waals surface area contributed by atoms with E-state index in [0.717, 1.165) is 11.0 Å². The van der Waals surface area contributed by atoms with Crippen molar-refractivity contribution in [3.8, 4) is 0 Å². The van der Waals surface area contributed by atoms with Gasteiger partial charge in [-0.3, -0.25) is 4.79 Å². The highest BCUT2D eigenvalue weighted by atomic mass is 79.9. The van der Waals surface area contributed by atoms with Gasteiger partial charge in [-0.2, -0.15) is 0 Å². The summed E-state index contributed by atoms with van der Waals surface area (Å²) in [6, 6.07) is 5.21.